The number of hydrogen-bond acceptors (Lipinski definition) is 5. The molecule has 0 spiro atoms. The van der Waals surface area contributed by atoms with Crippen molar-refractivity contribution in [1.29, 1.82) is 0 Å². The van der Waals surface area contributed by atoms with E-state index >= 15 is 0 Å². The molecule has 27 heavy (non-hydrogen) atoms. The summed E-state index contributed by atoms with van der Waals surface area (Å²) in [5, 5.41) is 0. The molecule has 7 heteroatoms. The molecule has 1 aliphatic rings. The summed E-state index contributed by atoms with van der Waals surface area (Å²) in [5.41, 5.74) is 0.350. The molecule has 146 valence electrons. The van der Waals surface area contributed by atoms with Crippen LogP contribution >= 0.6 is 0 Å². The highest BCUT2D eigenvalue weighted by Crippen LogP contribution is 2.25. The molecule has 0 aliphatic carbocycles. The Morgan fingerprint density at radius 1 is 1.07 bits per heavy atom. The van der Waals surface area contributed by atoms with E-state index < -0.39 is 35.2 Å². The maximum Gasteiger partial charge on any atom is 0.290 e. The lowest BCUT2D eigenvalue weighted by Crippen LogP contribution is -2.49. The lowest BCUT2D eigenvalue weighted by molar-refractivity contribution is -0.151. The summed E-state index contributed by atoms with van der Waals surface area (Å²) in [4.78, 5) is 54.1. The van der Waals surface area contributed by atoms with E-state index in [2.05, 4.69) is 0 Å². The normalized spacial score (nSPS) is 16.3. The van der Waals surface area contributed by atoms with Gasteiger partial charge in [-0.2, -0.15) is 0 Å². The van der Waals surface area contributed by atoms with Crippen LogP contribution in [-0.2, 0) is 19.1 Å². The number of amides is 2. The van der Waals surface area contributed by atoms with Crippen LogP contribution in [0, 0.1) is 11.8 Å². The first kappa shape index (κ1) is 20.8. The van der Waals surface area contributed by atoms with E-state index in [4.69, 9.17) is 4.74 Å². The average molecular weight is 374 g/mol. The summed E-state index contributed by atoms with van der Waals surface area (Å²) >= 11 is 0. The van der Waals surface area contributed by atoms with Gasteiger partial charge >= 0.3 is 0 Å². The number of benzene rings is 1. The van der Waals surface area contributed by atoms with Crippen LogP contribution in [0.15, 0.2) is 30.3 Å². The van der Waals surface area contributed by atoms with Crippen molar-refractivity contribution < 1.29 is 23.9 Å². The van der Waals surface area contributed by atoms with Crippen molar-refractivity contribution in [1.82, 2.24) is 9.80 Å². The second kappa shape index (κ2) is 9.41. The lowest BCUT2D eigenvalue weighted by Gasteiger charge is -2.30. The van der Waals surface area contributed by atoms with Gasteiger partial charge in [-0.05, 0) is 6.42 Å². The molecule has 0 unspecified atom stereocenters. The summed E-state index contributed by atoms with van der Waals surface area (Å²) in [6.07, 6.45) is 0.220. The van der Waals surface area contributed by atoms with Gasteiger partial charge in [0, 0.05) is 38.7 Å². The van der Waals surface area contributed by atoms with E-state index in [0.29, 0.717) is 31.9 Å². The van der Waals surface area contributed by atoms with Gasteiger partial charge in [-0.1, -0.05) is 37.3 Å². The SMILES string of the molecule is CC[C@@H](C(=O)C(=O)N1CCOCC1)[C@H](C(=O)c1ccccc1)C(=O)N(C)C. The van der Waals surface area contributed by atoms with Crippen LogP contribution in [0.4, 0.5) is 0 Å². The number of ether oxygens (including phenoxy) is 1. The van der Waals surface area contributed by atoms with E-state index in [1.807, 2.05) is 0 Å². The topological polar surface area (TPSA) is 84.0 Å². The molecule has 0 radical (unpaired) electrons. The van der Waals surface area contributed by atoms with Crippen LogP contribution in [0.25, 0.3) is 0 Å². The predicted molar refractivity (Wildman–Crippen MR) is 99.1 cm³/mol. The molecule has 0 aromatic heterocycles. The van der Waals surface area contributed by atoms with E-state index in [0.717, 1.165) is 0 Å². The molecular weight excluding hydrogens is 348 g/mol. The zero-order valence-electron chi connectivity index (χ0n) is 16.0. The summed E-state index contributed by atoms with van der Waals surface area (Å²) in [6, 6.07) is 8.39. The van der Waals surface area contributed by atoms with E-state index in [1.54, 1.807) is 37.3 Å². The Kier molecular flexibility index (Phi) is 7.24. The molecule has 1 saturated heterocycles. The van der Waals surface area contributed by atoms with Gasteiger partial charge in [-0.25, -0.2) is 0 Å². The second-order valence-corrected chi connectivity index (χ2v) is 6.72. The number of nitrogens with zero attached hydrogens (tertiary/aromatic N) is 2. The van der Waals surface area contributed by atoms with Gasteiger partial charge in [0.05, 0.1) is 13.2 Å². The third kappa shape index (κ3) is 4.80. The molecule has 2 amide bonds. The van der Waals surface area contributed by atoms with Crippen LogP contribution in [-0.4, -0.2) is 73.6 Å². The largest absolute Gasteiger partial charge is 0.378 e. The molecule has 1 heterocycles. The van der Waals surface area contributed by atoms with Crippen molar-refractivity contribution in [3.05, 3.63) is 35.9 Å². The molecule has 0 saturated carbocycles. The zero-order valence-corrected chi connectivity index (χ0v) is 16.0. The number of carbonyl (C=O) groups is 4. The molecule has 0 bridgehead atoms. The first-order valence-electron chi connectivity index (χ1n) is 9.09. The van der Waals surface area contributed by atoms with Crippen molar-refractivity contribution >= 4 is 23.4 Å². The number of carbonyl (C=O) groups excluding carboxylic acids is 4. The Morgan fingerprint density at radius 2 is 1.67 bits per heavy atom. The molecule has 1 fully saturated rings. The Balaban J connectivity index is 2.33. The van der Waals surface area contributed by atoms with Crippen molar-refractivity contribution in [2.75, 3.05) is 40.4 Å². The number of Topliss-reactive ketones (excluding diaryl/α,β-unsaturated/α-hetero) is 2. The van der Waals surface area contributed by atoms with Gasteiger partial charge in [0.25, 0.3) is 5.91 Å². The second-order valence-electron chi connectivity index (χ2n) is 6.72. The predicted octanol–water partition coefficient (Wildman–Crippen LogP) is 1.03. The molecule has 1 aromatic rings. The fourth-order valence-electron chi connectivity index (χ4n) is 3.18. The number of morpholine rings is 1. The molecule has 0 N–H and O–H groups in total. The molecule has 7 nitrogen and oxygen atoms in total. The highest BCUT2D eigenvalue weighted by molar-refractivity contribution is 6.38. The third-order valence-corrected chi connectivity index (χ3v) is 4.74. The molecule has 1 aliphatic heterocycles. The third-order valence-electron chi connectivity index (χ3n) is 4.74. The van der Waals surface area contributed by atoms with Crippen molar-refractivity contribution in [2.45, 2.75) is 13.3 Å². The highest BCUT2D eigenvalue weighted by atomic mass is 16.5. The Bertz CT molecular complexity index is 696. The Labute approximate surface area is 159 Å². The van der Waals surface area contributed by atoms with E-state index in [9.17, 15) is 19.2 Å². The van der Waals surface area contributed by atoms with Gasteiger partial charge in [-0.15, -0.1) is 0 Å². The minimum absolute atomic E-state index is 0.220. The maximum atomic E-state index is 13.0. The van der Waals surface area contributed by atoms with Crippen LogP contribution < -0.4 is 0 Å². The smallest absolute Gasteiger partial charge is 0.290 e. The van der Waals surface area contributed by atoms with Gasteiger partial charge < -0.3 is 14.5 Å². The summed E-state index contributed by atoms with van der Waals surface area (Å²) in [7, 11) is 3.07. The van der Waals surface area contributed by atoms with Gasteiger partial charge in [0.1, 0.15) is 5.92 Å². The maximum absolute atomic E-state index is 13.0. The quantitative estimate of drug-likeness (QED) is 0.404. The van der Waals surface area contributed by atoms with Crippen LogP contribution in [0.1, 0.15) is 23.7 Å². The van der Waals surface area contributed by atoms with E-state index in [1.165, 1.54) is 23.9 Å². The minimum atomic E-state index is -1.22. The van der Waals surface area contributed by atoms with Crippen LogP contribution in [0.5, 0.6) is 0 Å². The summed E-state index contributed by atoms with van der Waals surface area (Å²) in [5.74, 6) is -4.47. The number of ketones is 2. The van der Waals surface area contributed by atoms with Gasteiger partial charge in [-0.3, -0.25) is 19.2 Å². The van der Waals surface area contributed by atoms with E-state index in [-0.39, 0.29) is 6.42 Å². The Hall–Kier alpha value is -2.54. The summed E-state index contributed by atoms with van der Waals surface area (Å²) in [6.45, 7) is 3.13. The minimum Gasteiger partial charge on any atom is -0.378 e. The zero-order chi connectivity index (χ0) is 20.0. The van der Waals surface area contributed by atoms with Gasteiger partial charge in [0.15, 0.2) is 5.78 Å². The van der Waals surface area contributed by atoms with Crippen LogP contribution in [0.2, 0.25) is 0 Å². The average Bonchev–Trinajstić information content (AvgIpc) is 2.71. The van der Waals surface area contributed by atoms with Gasteiger partial charge in [0.2, 0.25) is 11.7 Å². The van der Waals surface area contributed by atoms with Crippen molar-refractivity contribution in [2.24, 2.45) is 11.8 Å². The molecule has 1 aromatic carbocycles. The summed E-state index contributed by atoms with van der Waals surface area (Å²) < 4.78 is 5.21. The lowest BCUT2D eigenvalue weighted by atomic mass is 9.80. The van der Waals surface area contributed by atoms with Crippen molar-refractivity contribution in [3.63, 3.8) is 0 Å². The number of hydrogen-bond donors (Lipinski definition) is 0. The van der Waals surface area contributed by atoms with Crippen molar-refractivity contribution in [3.8, 4) is 0 Å². The number of rotatable bonds is 7. The Morgan fingerprint density at radius 3 is 2.19 bits per heavy atom. The first-order valence-corrected chi connectivity index (χ1v) is 9.09. The monoisotopic (exact) mass is 374 g/mol. The fourth-order valence-corrected chi connectivity index (χ4v) is 3.18. The fraction of sp³-hybridized carbons (Fsp3) is 0.500. The first-order chi connectivity index (χ1) is 12.9. The molecule has 2 rings (SSSR count). The molecular formula is C20H26N2O5. The standard InChI is InChI=1S/C20H26N2O5/c1-4-15(18(24)20(26)22-10-12-27-13-11-22)16(19(25)21(2)3)17(23)14-8-6-5-7-9-14/h5-9,15-16H,4,10-13H2,1-3H3/t15-,16-/m1/s1. The highest BCUT2D eigenvalue weighted by Gasteiger charge is 2.42. The molecule has 2 atom stereocenters. The van der Waals surface area contributed by atoms with Crippen LogP contribution in [0.3, 0.4) is 0 Å².